The molecule has 0 aliphatic carbocycles. The Morgan fingerprint density at radius 3 is 2.57 bits per heavy atom. The van der Waals surface area contributed by atoms with Crippen molar-refractivity contribution in [3.05, 3.63) is 42.0 Å². The maximum Gasteiger partial charge on any atom is 0.315 e. The second-order valence-corrected chi connectivity index (χ2v) is 5.75. The number of nitrogens with zero attached hydrogens (tertiary/aromatic N) is 3. The first-order valence-electron chi connectivity index (χ1n) is 7.64. The lowest BCUT2D eigenvalue weighted by Gasteiger charge is -2.17. The molecule has 7 heteroatoms. The number of hydrogen-bond donors (Lipinski definition) is 3. The molecule has 23 heavy (non-hydrogen) atoms. The molecule has 2 amide bonds. The van der Waals surface area contributed by atoms with Crippen LogP contribution < -0.4 is 10.6 Å². The van der Waals surface area contributed by atoms with Gasteiger partial charge in [0.2, 0.25) is 0 Å². The molecule has 1 aromatic carbocycles. The summed E-state index contributed by atoms with van der Waals surface area (Å²) < 4.78 is 1.78. The van der Waals surface area contributed by atoms with Gasteiger partial charge in [0, 0.05) is 13.1 Å². The fourth-order valence-corrected chi connectivity index (χ4v) is 2.33. The summed E-state index contributed by atoms with van der Waals surface area (Å²) in [7, 11) is 1.84. The molecule has 2 atom stereocenters. The number of carbonyl (C=O) groups excluding carboxylic acids is 1. The summed E-state index contributed by atoms with van der Waals surface area (Å²) >= 11 is 0. The van der Waals surface area contributed by atoms with Crippen LogP contribution in [0.2, 0.25) is 0 Å². The van der Waals surface area contributed by atoms with Gasteiger partial charge in [-0.3, -0.25) is 0 Å². The van der Waals surface area contributed by atoms with E-state index in [1.807, 2.05) is 33.0 Å². The average molecular weight is 317 g/mol. The Bertz CT molecular complexity index is 638. The van der Waals surface area contributed by atoms with E-state index in [0.29, 0.717) is 5.82 Å². The Hall–Kier alpha value is -2.57. The SMILES string of the molecule is C[C@H](CCc1ccc(O)cc1)NC(=O)N[C@H](C)c1nncn1C. The van der Waals surface area contributed by atoms with Gasteiger partial charge < -0.3 is 20.3 Å². The van der Waals surface area contributed by atoms with Crippen LogP contribution in [0.4, 0.5) is 4.79 Å². The zero-order valence-corrected chi connectivity index (χ0v) is 13.7. The van der Waals surface area contributed by atoms with Crippen molar-refractivity contribution in [1.82, 2.24) is 25.4 Å². The lowest BCUT2D eigenvalue weighted by atomic mass is 10.1. The summed E-state index contributed by atoms with van der Waals surface area (Å²) in [5, 5.41) is 22.8. The number of nitrogens with one attached hydrogen (secondary N) is 2. The number of phenolic OH excluding ortho intramolecular Hbond substituents is 1. The van der Waals surface area contributed by atoms with Gasteiger partial charge in [0.15, 0.2) is 5.82 Å². The molecule has 0 unspecified atom stereocenters. The quantitative estimate of drug-likeness (QED) is 0.759. The Morgan fingerprint density at radius 2 is 1.96 bits per heavy atom. The highest BCUT2D eigenvalue weighted by Gasteiger charge is 2.15. The van der Waals surface area contributed by atoms with Crippen LogP contribution in [0.3, 0.4) is 0 Å². The molecule has 2 aromatic rings. The molecule has 0 saturated heterocycles. The standard InChI is InChI=1S/C16H23N5O2/c1-11(4-5-13-6-8-14(22)9-7-13)18-16(23)19-12(2)15-20-17-10-21(15)3/h6-12,22H,4-5H2,1-3H3,(H2,18,19,23)/t11-,12-/m1/s1. The lowest BCUT2D eigenvalue weighted by molar-refractivity contribution is 0.233. The van der Waals surface area contributed by atoms with Crippen molar-refractivity contribution in [2.75, 3.05) is 0 Å². The van der Waals surface area contributed by atoms with E-state index in [9.17, 15) is 9.90 Å². The van der Waals surface area contributed by atoms with Gasteiger partial charge >= 0.3 is 6.03 Å². The Kier molecular flexibility index (Phi) is 5.56. The van der Waals surface area contributed by atoms with Crippen molar-refractivity contribution in [2.24, 2.45) is 7.05 Å². The molecule has 0 aliphatic rings. The van der Waals surface area contributed by atoms with Gasteiger partial charge in [-0.15, -0.1) is 10.2 Å². The lowest BCUT2D eigenvalue weighted by Crippen LogP contribution is -2.42. The van der Waals surface area contributed by atoms with E-state index in [2.05, 4.69) is 20.8 Å². The number of aromatic hydroxyl groups is 1. The maximum atomic E-state index is 12.0. The third-order valence-corrected chi connectivity index (χ3v) is 3.66. The monoisotopic (exact) mass is 317 g/mol. The van der Waals surface area contributed by atoms with Gasteiger partial charge in [-0.25, -0.2) is 4.79 Å². The first-order valence-corrected chi connectivity index (χ1v) is 7.64. The van der Waals surface area contributed by atoms with Crippen molar-refractivity contribution >= 4 is 6.03 Å². The number of urea groups is 1. The third kappa shape index (κ3) is 4.98. The van der Waals surface area contributed by atoms with Crippen LogP contribution in [-0.2, 0) is 13.5 Å². The van der Waals surface area contributed by atoms with Gasteiger partial charge in [-0.1, -0.05) is 12.1 Å². The number of aryl methyl sites for hydroxylation is 2. The summed E-state index contributed by atoms with van der Waals surface area (Å²) in [6.45, 7) is 3.83. The molecule has 0 bridgehead atoms. The van der Waals surface area contributed by atoms with Gasteiger partial charge in [0.05, 0.1) is 6.04 Å². The zero-order chi connectivity index (χ0) is 16.8. The van der Waals surface area contributed by atoms with Crippen LogP contribution in [0, 0.1) is 0 Å². The fraction of sp³-hybridized carbons (Fsp3) is 0.438. The van der Waals surface area contributed by atoms with Crippen LogP contribution in [-0.4, -0.2) is 31.9 Å². The van der Waals surface area contributed by atoms with E-state index in [-0.39, 0.29) is 23.9 Å². The van der Waals surface area contributed by atoms with Gasteiger partial charge in [0.1, 0.15) is 12.1 Å². The Labute approximate surface area is 135 Å². The second kappa shape index (κ2) is 7.62. The molecule has 0 radical (unpaired) electrons. The van der Waals surface area contributed by atoms with E-state index in [1.165, 1.54) is 0 Å². The highest BCUT2D eigenvalue weighted by atomic mass is 16.3. The second-order valence-electron chi connectivity index (χ2n) is 5.75. The first kappa shape index (κ1) is 16.8. The third-order valence-electron chi connectivity index (χ3n) is 3.66. The Balaban J connectivity index is 1.76. The molecular weight excluding hydrogens is 294 g/mol. The highest BCUT2D eigenvalue weighted by molar-refractivity contribution is 5.74. The average Bonchev–Trinajstić information content (AvgIpc) is 2.92. The summed E-state index contributed by atoms with van der Waals surface area (Å²) in [4.78, 5) is 12.0. The Morgan fingerprint density at radius 1 is 1.26 bits per heavy atom. The van der Waals surface area contributed by atoms with Gasteiger partial charge in [-0.05, 0) is 44.4 Å². The molecule has 0 saturated carbocycles. The molecule has 0 spiro atoms. The van der Waals surface area contributed by atoms with Crippen LogP contribution in [0.5, 0.6) is 5.75 Å². The number of carbonyl (C=O) groups is 1. The van der Waals surface area contributed by atoms with Crippen LogP contribution in [0.1, 0.15) is 37.7 Å². The molecule has 2 rings (SSSR count). The van der Waals surface area contributed by atoms with Gasteiger partial charge in [0.25, 0.3) is 0 Å². The molecule has 3 N–H and O–H groups in total. The predicted molar refractivity (Wildman–Crippen MR) is 87.0 cm³/mol. The smallest absolute Gasteiger partial charge is 0.315 e. The molecule has 7 nitrogen and oxygen atoms in total. The van der Waals surface area contributed by atoms with Crippen molar-refractivity contribution < 1.29 is 9.90 Å². The summed E-state index contributed by atoms with van der Waals surface area (Å²) in [6, 6.07) is 6.71. The van der Waals surface area contributed by atoms with E-state index in [0.717, 1.165) is 18.4 Å². The van der Waals surface area contributed by atoms with E-state index >= 15 is 0 Å². The van der Waals surface area contributed by atoms with Crippen LogP contribution in [0.15, 0.2) is 30.6 Å². The highest BCUT2D eigenvalue weighted by Crippen LogP contribution is 2.12. The number of phenols is 1. The first-order chi connectivity index (χ1) is 11.0. The zero-order valence-electron chi connectivity index (χ0n) is 13.7. The minimum atomic E-state index is -0.223. The van der Waals surface area contributed by atoms with Crippen LogP contribution in [0.25, 0.3) is 0 Å². The maximum absolute atomic E-state index is 12.0. The van der Waals surface area contributed by atoms with Crippen molar-refractivity contribution in [3.8, 4) is 5.75 Å². The largest absolute Gasteiger partial charge is 0.508 e. The number of amides is 2. The van der Waals surface area contributed by atoms with E-state index < -0.39 is 0 Å². The fourth-order valence-electron chi connectivity index (χ4n) is 2.33. The molecule has 124 valence electrons. The van der Waals surface area contributed by atoms with Crippen molar-refractivity contribution in [2.45, 2.75) is 38.8 Å². The minimum Gasteiger partial charge on any atom is -0.508 e. The number of rotatable bonds is 6. The predicted octanol–water partition coefficient (Wildman–Crippen LogP) is 1.90. The van der Waals surface area contributed by atoms with Crippen molar-refractivity contribution in [3.63, 3.8) is 0 Å². The van der Waals surface area contributed by atoms with Crippen LogP contribution >= 0.6 is 0 Å². The normalized spacial score (nSPS) is 13.3. The summed E-state index contributed by atoms with van der Waals surface area (Å²) in [5.41, 5.74) is 1.13. The molecule has 1 heterocycles. The number of hydrogen-bond acceptors (Lipinski definition) is 4. The van der Waals surface area contributed by atoms with E-state index in [4.69, 9.17) is 0 Å². The molecular formula is C16H23N5O2. The number of benzene rings is 1. The topological polar surface area (TPSA) is 92.1 Å². The summed E-state index contributed by atoms with van der Waals surface area (Å²) in [6.07, 6.45) is 3.25. The van der Waals surface area contributed by atoms with Crippen molar-refractivity contribution in [1.29, 1.82) is 0 Å². The molecule has 0 fully saturated rings. The minimum absolute atomic E-state index is 0.0375. The van der Waals surface area contributed by atoms with E-state index in [1.54, 1.807) is 23.0 Å². The molecule has 1 aromatic heterocycles. The molecule has 0 aliphatic heterocycles. The summed E-state index contributed by atoms with van der Waals surface area (Å²) in [5.74, 6) is 0.967. The number of aromatic nitrogens is 3. The van der Waals surface area contributed by atoms with Gasteiger partial charge in [-0.2, -0.15) is 0 Å².